The van der Waals surface area contributed by atoms with Crippen LogP contribution in [-0.4, -0.2) is 49.1 Å². The Balaban J connectivity index is 2.34. The maximum Gasteiger partial charge on any atom is 0.335 e. The molecule has 0 amide bonds. The zero-order chi connectivity index (χ0) is 14.9. The van der Waals surface area contributed by atoms with E-state index in [2.05, 4.69) is 0 Å². The predicted octanol–water partition coefficient (Wildman–Crippen LogP) is 1.18. The van der Waals surface area contributed by atoms with Gasteiger partial charge in [-0.3, -0.25) is 0 Å². The van der Waals surface area contributed by atoms with E-state index in [1.165, 1.54) is 28.6 Å². The molecule has 1 aliphatic heterocycles. The monoisotopic (exact) mass is 299 g/mol. The summed E-state index contributed by atoms with van der Waals surface area (Å²) in [5.74, 6) is -1.15. The molecule has 0 saturated carbocycles. The molecule has 6 nitrogen and oxygen atoms in total. The molecule has 1 N–H and O–H groups in total. The molecule has 1 saturated heterocycles. The van der Waals surface area contributed by atoms with Crippen molar-refractivity contribution in [3.63, 3.8) is 0 Å². The van der Waals surface area contributed by atoms with Crippen LogP contribution in [0.5, 0.6) is 0 Å². The topological polar surface area (TPSA) is 83.9 Å². The molecule has 0 aromatic heterocycles. The van der Waals surface area contributed by atoms with Crippen molar-refractivity contribution in [3.05, 3.63) is 29.8 Å². The fourth-order valence-corrected chi connectivity index (χ4v) is 3.90. The van der Waals surface area contributed by atoms with E-state index in [1.807, 2.05) is 13.8 Å². The molecule has 0 aliphatic carbocycles. The first-order chi connectivity index (χ1) is 9.30. The van der Waals surface area contributed by atoms with Crippen LogP contribution in [0.3, 0.4) is 0 Å². The molecule has 0 spiro atoms. The first kappa shape index (κ1) is 15.0. The Morgan fingerprint density at radius 1 is 1.30 bits per heavy atom. The Morgan fingerprint density at radius 2 is 1.90 bits per heavy atom. The van der Waals surface area contributed by atoms with Crippen molar-refractivity contribution in [2.24, 2.45) is 0 Å². The van der Waals surface area contributed by atoms with Gasteiger partial charge in [0, 0.05) is 13.1 Å². The number of aromatic carboxylic acids is 1. The highest BCUT2D eigenvalue weighted by Gasteiger charge is 2.32. The maximum absolute atomic E-state index is 12.5. The van der Waals surface area contributed by atoms with Crippen LogP contribution in [0.2, 0.25) is 0 Å². The molecule has 1 aliphatic rings. The van der Waals surface area contributed by atoms with Crippen LogP contribution in [0.1, 0.15) is 24.2 Å². The number of carboxylic acid groups (broad SMARTS) is 1. The van der Waals surface area contributed by atoms with Gasteiger partial charge >= 0.3 is 5.97 Å². The van der Waals surface area contributed by atoms with E-state index >= 15 is 0 Å². The normalized spacial score (nSPS) is 24.5. The Labute approximate surface area is 118 Å². The number of rotatable bonds is 3. The molecule has 0 unspecified atom stereocenters. The minimum Gasteiger partial charge on any atom is -0.478 e. The standard InChI is InChI=1S/C13H17NO5S/c1-9-7-14(8-10(2)19-9)20(17,18)12-5-3-4-11(6-12)13(15)16/h3-6,9-10H,7-8H2,1-2H3,(H,15,16)/t9-,10-/m0/s1. The Morgan fingerprint density at radius 3 is 2.45 bits per heavy atom. The highest BCUT2D eigenvalue weighted by molar-refractivity contribution is 7.89. The number of carbonyl (C=O) groups is 1. The fourth-order valence-electron chi connectivity index (χ4n) is 2.27. The lowest BCUT2D eigenvalue weighted by atomic mass is 10.2. The van der Waals surface area contributed by atoms with Crippen molar-refractivity contribution in [3.8, 4) is 0 Å². The molecule has 1 aromatic carbocycles. The number of benzene rings is 1. The summed E-state index contributed by atoms with van der Waals surface area (Å²) in [5, 5.41) is 8.94. The molecule has 110 valence electrons. The average Bonchev–Trinajstić information content (AvgIpc) is 2.37. The van der Waals surface area contributed by atoms with Gasteiger partial charge in [0.15, 0.2) is 0 Å². The van der Waals surface area contributed by atoms with Crippen LogP contribution < -0.4 is 0 Å². The van der Waals surface area contributed by atoms with Crippen LogP contribution in [0, 0.1) is 0 Å². The summed E-state index contributed by atoms with van der Waals surface area (Å²) in [7, 11) is -3.69. The number of carboxylic acids is 1. The summed E-state index contributed by atoms with van der Waals surface area (Å²) in [6, 6.07) is 5.39. The van der Waals surface area contributed by atoms with Crippen molar-refractivity contribution < 1.29 is 23.1 Å². The van der Waals surface area contributed by atoms with Crippen molar-refractivity contribution in [2.75, 3.05) is 13.1 Å². The molecule has 2 atom stereocenters. The quantitative estimate of drug-likeness (QED) is 0.906. The summed E-state index contributed by atoms with van der Waals surface area (Å²) in [6.45, 7) is 4.16. The van der Waals surface area contributed by atoms with Crippen LogP contribution in [0.4, 0.5) is 0 Å². The van der Waals surface area contributed by atoms with E-state index in [9.17, 15) is 13.2 Å². The van der Waals surface area contributed by atoms with Crippen LogP contribution in [0.25, 0.3) is 0 Å². The third-order valence-electron chi connectivity index (χ3n) is 3.10. The zero-order valence-electron chi connectivity index (χ0n) is 11.3. The molecule has 2 rings (SSSR count). The van der Waals surface area contributed by atoms with E-state index < -0.39 is 16.0 Å². The number of sulfonamides is 1. The van der Waals surface area contributed by atoms with Gasteiger partial charge in [-0.25, -0.2) is 13.2 Å². The van der Waals surface area contributed by atoms with Crippen LogP contribution >= 0.6 is 0 Å². The number of hydrogen-bond acceptors (Lipinski definition) is 4. The van der Waals surface area contributed by atoms with Gasteiger partial charge in [0.05, 0.1) is 22.7 Å². The smallest absolute Gasteiger partial charge is 0.335 e. The Bertz CT molecular complexity index is 603. The molecular formula is C13H17NO5S. The van der Waals surface area contributed by atoms with Gasteiger partial charge in [0.25, 0.3) is 0 Å². The van der Waals surface area contributed by atoms with Gasteiger partial charge in [-0.15, -0.1) is 0 Å². The zero-order valence-corrected chi connectivity index (χ0v) is 12.1. The van der Waals surface area contributed by atoms with E-state index in [0.717, 1.165) is 0 Å². The summed E-state index contributed by atoms with van der Waals surface area (Å²) in [4.78, 5) is 10.9. The second-order valence-electron chi connectivity index (χ2n) is 4.91. The SMILES string of the molecule is C[C@H]1CN(S(=O)(=O)c2cccc(C(=O)O)c2)C[C@H](C)O1. The Kier molecular flexibility index (Phi) is 4.12. The molecule has 7 heteroatoms. The third-order valence-corrected chi connectivity index (χ3v) is 4.93. The predicted molar refractivity (Wildman–Crippen MR) is 72.2 cm³/mol. The molecule has 20 heavy (non-hydrogen) atoms. The van der Waals surface area contributed by atoms with E-state index in [-0.39, 0.29) is 35.8 Å². The van der Waals surface area contributed by atoms with Gasteiger partial charge in [0.1, 0.15) is 0 Å². The average molecular weight is 299 g/mol. The first-order valence-corrected chi connectivity index (χ1v) is 7.73. The summed E-state index contributed by atoms with van der Waals surface area (Å²) in [5.41, 5.74) is -0.0413. The lowest BCUT2D eigenvalue weighted by Crippen LogP contribution is -2.48. The number of hydrogen-bond donors (Lipinski definition) is 1. The van der Waals surface area contributed by atoms with Crippen molar-refractivity contribution in [1.82, 2.24) is 4.31 Å². The van der Waals surface area contributed by atoms with Crippen molar-refractivity contribution in [1.29, 1.82) is 0 Å². The number of morpholine rings is 1. The van der Waals surface area contributed by atoms with Gasteiger partial charge in [-0.05, 0) is 32.0 Å². The minimum atomic E-state index is -3.69. The molecule has 0 radical (unpaired) electrons. The van der Waals surface area contributed by atoms with E-state index in [1.54, 1.807) is 0 Å². The van der Waals surface area contributed by atoms with Crippen LogP contribution in [0.15, 0.2) is 29.2 Å². The summed E-state index contributed by atoms with van der Waals surface area (Å²) in [6.07, 6.45) is -0.368. The highest BCUT2D eigenvalue weighted by Crippen LogP contribution is 2.21. The summed E-state index contributed by atoms with van der Waals surface area (Å²) >= 11 is 0. The summed E-state index contributed by atoms with van der Waals surface area (Å²) < 4.78 is 31.9. The van der Waals surface area contributed by atoms with Crippen LogP contribution in [-0.2, 0) is 14.8 Å². The van der Waals surface area contributed by atoms with Gasteiger partial charge in [-0.2, -0.15) is 4.31 Å². The number of ether oxygens (including phenoxy) is 1. The second kappa shape index (κ2) is 5.51. The first-order valence-electron chi connectivity index (χ1n) is 6.29. The number of nitrogens with zero attached hydrogens (tertiary/aromatic N) is 1. The largest absolute Gasteiger partial charge is 0.478 e. The van der Waals surface area contributed by atoms with E-state index in [4.69, 9.17) is 9.84 Å². The van der Waals surface area contributed by atoms with Gasteiger partial charge < -0.3 is 9.84 Å². The molecule has 1 aromatic rings. The molecule has 1 fully saturated rings. The molecule has 1 heterocycles. The second-order valence-corrected chi connectivity index (χ2v) is 6.85. The third kappa shape index (κ3) is 3.00. The van der Waals surface area contributed by atoms with E-state index in [0.29, 0.717) is 0 Å². The lowest BCUT2D eigenvalue weighted by molar-refractivity contribution is -0.0440. The van der Waals surface area contributed by atoms with Crippen molar-refractivity contribution in [2.45, 2.75) is 31.0 Å². The minimum absolute atomic E-state index is 0.00120. The fraction of sp³-hybridized carbons (Fsp3) is 0.462. The molecule has 0 bridgehead atoms. The molecular weight excluding hydrogens is 282 g/mol. The van der Waals surface area contributed by atoms with Gasteiger partial charge in [0.2, 0.25) is 10.0 Å². The highest BCUT2D eigenvalue weighted by atomic mass is 32.2. The van der Waals surface area contributed by atoms with Gasteiger partial charge in [-0.1, -0.05) is 6.07 Å². The maximum atomic E-state index is 12.5. The Hall–Kier alpha value is -1.44. The lowest BCUT2D eigenvalue weighted by Gasteiger charge is -2.34. The van der Waals surface area contributed by atoms with Crippen molar-refractivity contribution >= 4 is 16.0 Å².